The van der Waals surface area contributed by atoms with Gasteiger partial charge in [-0.2, -0.15) is 5.10 Å². The van der Waals surface area contributed by atoms with Gasteiger partial charge in [-0.05, 0) is 17.7 Å². The lowest BCUT2D eigenvalue weighted by atomic mass is 10.2. The topological polar surface area (TPSA) is 34.9 Å². The number of nitrogens with zero attached hydrogens (tertiary/aromatic N) is 2. The third-order valence-corrected chi connectivity index (χ3v) is 2.05. The molecule has 0 spiro atoms. The summed E-state index contributed by atoms with van der Waals surface area (Å²) >= 11 is 0. The van der Waals surface area contributed by atoms with Gasteiger partial charge in [-0.25, -0.2) is 4.39 Å². The zero-order valence-electron chi connectivity index (χ0n) is 7.93. The first-order valence-corrected chi connectivity index (χ1v) is 4.50. The zero-order chi connectivity index (χ0) is 10.7. The van der Waals surface area contributed by atoms with Crippen LogP contribution < -0.4 is 0 Å². The number of rotatable bonds is 3. The van der Waals surface area contributed by atoms with Crippen LogP contribution in [-0.2, 0) is 6.54 Å². The Balaban J connectivity index is 2.14. The number of hydrogen-bond donors (Lipinski definition) is 0. The molecule has 76 valence electrons. The van der Waals surface area contributed by atoms with Gasteiger partial charge in [0.1, 0.15) is 5.82 Å². The molecule has 0 bridgehead atoms. The van der Waals surface area contributed by atoms with Gasteiger partial charge in [-0.1, -0.05) is 12.1 Å². The maximum absolute atomic E-state index is 12.6. The number of aromatic nitrogens is 2. The first-order chi connectivity index (χ1) is 7.28. The van der Waals surface area contributed by atoms with Crippen LogP contribution in [0.3, 0.4) is 0 Å². The predicted molar refractivity (Wildman–Crippen MR) is 53.1 cm³/mol. The first-order valence-electron chi connectivity index (χ1n) is 4.50. The SMILES string of the molecule is O=Cc1cnn(Cc2ccc(F)cc2)c1. The van der Waals surface area contributed by atoms with Gasteiger partial charge in [0.2, 0.25) is 0 Å². The normalized spacial score (nSPS) is 10.2. The molecule has 15 heavy (non-hydrogen) atoms. The fraction of sp³-hybridized carbons (Fsp3) is 0.0909. The number of aldehydes is 1. The van der Waals surface area contributed by atoms with Crippen LogP contribution >= 0.6 is 0 Å². The number of hydrogen-bond acceptors (Lipinski definition) is 2. The van der Waals surface area contributed by atoms with Crippen molar-refractivity contribution in [3.8, 4) is 0 Å². The Morgan fingerprint density at radius 2 is 2.07 bits per heavy atom. The standard InChI is InChI=1S/C11H9FN2O/c12-11-3-1-9(2-4-11)6-14-7-10(8-15)5-13-14/h1-5,7-8H,6H2. The van der Waals surface area contributed by atoms with Crippen molar-refractivity contribution < 1.29 is 9.18 Å². The van der Waals surface area contributed by atoms with Gasteiger partial charge in [0, 0.05) is 6.20 Å². The second kappa shape index (κ2) is 4.04. The molecule has 0 aliphatic heterocycles. The molecule has 1 aromatic carbocycles. The van der Waals surface area contributed by atoms with Crippen molar-refractivity contribution in [3.63, 3.8) is 0 Å². The van der Waals surface area contributed by atoms with E-state index in [4.69, 9.17) is 0 Å². The van der Waals surface area contributed by atoms with Gasteiger partial charge in [0.15, 0.2) is 6.29 Å². The largest absolute Gasteiger partial charge is 0.298 e. The van der Waals surface area contributed by atoms with E-state index in [1.807, 2.05) is 0 Å². The molecule has 2 aromatic rings. The van der Waals surface area contributed by atoms with Gasteiger partial charge >= 0.3 is 0 Å². The molecule has 1 heterocycles. The summed E-state index contributed by atoms with van der Waals surface area (Å²) in [5.74, 6) is -0.257. The molecule has 0 atom stereocenters. The second-order valence-electron chi connectivity index (χ2n) is 3.22. The highest BCUT2D eigenvalue weighted by Crippen LogP contribution is 2.05. The minimum absolute atomic E-state index is 0.257. The Labute approximate surface area is 86.2 Å². The molecule has 0 N–H and O–H groups in total. The lowest BCUT2D eigenvalue weighted by Gasteiger charge is -2.00. The van der Waals surface area contributed by atoms with Crippen LogP contribution in [0.2, 0.25) is 0 Å². The van der Waals surface area contributed by atoms with E-state index in [2.05, 4.69) is 5.10 Å². The Kier molecular flexibility index (Phi) is 2.58. The molecule has 0 radical (unpaired) electrons. The maximum Gasteiger partial charge on any atom is 0.153 e. The summed E-state index contributed by atoms with van der Waals surface area (Å²) < 4.78 is 14.3. The average molecular weight is 204 g/mol. The highest BCUT2D eigenvalue weighted by atomic mass is 19.1. The highest BCUT2D eigenvalue weighted by Gasteiger charge is 1.98. The van der Waals surface area contributed by atoms with Crippen molar-refractivity contribution in [1.29, 1.82) is 0 Å². The highest BCUT2D eigenvalue weighted by molar-refractivity contribution is 5.73. The van der Waals surface area contributed by atoms with E-state index < -0.39 is 0 Å². The number of carbonyl (C=O) groups excluding carboxylic acids is 1. The Bertz CT molecular complexity index is 462. The van der Waals surface area contributed by atoms with E-state index >= 15 is 0 Å². The molecule has 0 saturated carbocycles. The van der Waals surface area contributed by atoms with Crippen molar-refractivity contribution in [1.82, 2.24) is 9.78 Å². The van der Waals surface area contributed by atoms with E-state index in [0.29, 0.717) is 12.1 Å². The summed E-state index contributed by atoms with van der Waals surface area (Å²) in [4.78, 5) is 10.4. The summed E-state index contributed by atoms with van der Waals surface area (Å²) in [6.07, 6.45) is 3.89. The Hall–Kier alpha value is -1.97. The van der Waals surface area contributed by atoms with Gasteiger partial charge in [-0.15, -0.1) is 0 Å². The number of halogens is 1. The zero-order valence-corrected chi connectivity index (χ0v) is 7.93. The predicted octanol–water partition coefficient (Wildman–Crippen LogP) is 1.88. The molecular weight excluding hydrogens is 195 g/mol. The molecule has 0 aliphatic carbocycles. The average Bonchev–Trinajstić information content (AvgIpc) is 2.69. The fourth-order valence-electron chi connectivity index (χ4n) is 1.30. The molecule has 4 heteroatoms. The number of benzene rings is 1. The van der Waals surface area contributed by atoms with E-state index in [1.54, 1.807) is 23.0 Å². The Morgan fingerprint density at radius 3 is 2.67 bits per heavy atom. The minimum atomic E-state index is -0.257. The minimum Gasteiger partial charge on any atom is -0.298 e. The van der Waals surface area contributed by atoms with Crippen LogP contribution in [0.4, 0.5) is 4.39 Å². The molecule has 0 unspecified atom stereocenters. The van der Waals surface area contributed by atoms with E-state index in [-0.39, 0.29) is 5.82 Å². The Morgan fingerprint density at radius 1 is 1.33 bits per heavy atom. The quantitative estimate of drug-likeness (QED) is 0.715. The molecular formula is C11H9FN2O. The van der Waals surface area contributed by atoms with Crippen molar-refractivity contribution in [3.05, 3.63) is 53.6 Å². The molecule has 3 nitrogen and oxygen atoms in total. The third kappa shape index (κ3) is 2.28. The summed E-state index contributed by atoms with van der Waals surface area (Å²) in [7, 11) is 0. The molecule has 0 saturated heterocycles. The van der Waals surface area contributed by atoms with E-state index in [9.17, 15) is 9.18 Å². The molecule has 2 rings (SSSR count). The lowest BCUT2D eigenvalue weighted by Crippen LogP contribution is -1.99. The smallest absolute Gasteiger partial charge is 0.153 e. The van der Waals surface area contributed by atoms with Crippen molar-refractivity contribution >= 4 is 6.29 Å². The molecule has 0 fully saturated rings. The van der Waals surface area contributed by atoms with Crippen molar-refractivity contribution in [2.75, 3.05) is 0 Å². The van der Waals surface area contributed by atoms with Crippen LogP contribution in [0.1, 0.15) is 15.9 Å². The fourth-order valence-corrected chi connectivity index (χ4v) is 1.30. The van der Waals surface area contributed by atoms with Crippen LogP contribution in [0, 0.1) is 5.82 Å². The van der Waals surface area contributed by atoms with E-state index in [1.165, 1.54) is 18.3 Å². The lowest BCUT2D eigenvalue weighted by molar-refractivity contribution is 0.112. The molecule has 0 amide bonds. The molecule has 1 aromatic heterocycles. The van der Waals surface area contributed by atoms with Gasteiger partial charge < -0.3 is 0 Å². The van der Waals surface area contributed by atoms with Gasteiger partial charge in [0.05, 0.1) is 18.3 Å². The van der Waals surface area contributed by atoms with Gasteiger partial charge in [-0.3, -0.25) is 9.48 Å². The second-order valence-corrected chi connectivity index (χ2v) is 3.22. The summed E-state index contributed by atoms with van der Waals surface area (Å²) in [5, 5.41) is 4.00. The van der Waals surface area contributed by atoms with Crippen LogP contribution in [0.5, 0.6) is 0 Å². The third-order valence-electron chi connectivity index (χ3n) is 2.05. The summed E-state index contributed by atoms with van der Waals surface area (Å²) in [6.45, 7) is 0.536. The maximum atomic E-state index is 12.6. The van der Waals surface area contributed by atoms with Crippen molar-refractivity contribution in [2.45, 2.75) is 6.54 Å². The monoisotopic (exact) mass is 204 g/mol. The van der Waals surface area contributed by atoms with Crippen LogP contribution in [0.15, 0.2) is 36.7 Å². The van der Waals surface area contributed by atoms with Gasteiger partial charge in [0.25, 0.3) is 0 Å². The van der Waals surface area contributed by atoms with Crippen LogP contribution in [0.25, 0.3) is 0 Å². The van der Waals surface area contributed by atoms with E-state index in [0.717, 1.165) is 11.8 Å². The molecule has 0 aliphatic rings. The van der Waals surface area contributed by atoms with Crippen molar-refractivity contribution in [2.24, 2.45) is 0 Å². The number of carbonyl (C=O) groups is 1. The first kappa shape index (κ1) is 9.58. The summed E-state index contributed by atoms with van der Waals surface area (Å²) in [5.41, 5.74) is 1.48. The summed E-state index contributed by atoms with van der Waals surface area (Å²) in [6, 6.07) is 6.19. The van der Waals surface area contributed by atoms with Crippen LogP contribution in [-0.4, -0.2) is 16.1 Å².